The summed E-state index contributed by atoms with van der Waals surface area (Å²) in [5, 5.41) is 11.5. The summed E-state index contributed by atoms with van der Waals surface area (Å²) in [4.78, 5) is 7.29. The lowest BCUT2D eigenvalue weighted by Crippen LogP contribution is -2.39. The van der Waals surface area contributed by atoms with Gasteiger partial charge in [0.25, 0.3) is 0 Å². The highest BCUT2D eigenvalue weighted by atomic mass is 127. The molecular formula is C23H37IN6. The van der Waals surface area contributed by atoms with Crippen molar-refractivity contribution in [3.63, 3.8) is 0 Å². The molecule has 0 saturated carbocycles. The number of rotatable bonds is 7. The molecule has 6 nitrogen and oxygen atoms in total. The van der Waals surface area contributed by atoms with Crippen molar-refractivity contribution in [3.8, 4) is 0 Å². The SMILES string of the molecule is CCNC(=NCCc1c(C)nn(C)c1C)NC(C)c1cccc(N2CCCC2)c1.I. The minimum absolute atomic E-state index is 0. The van der Waals surface area contributed by atoms with Gasteiger partial charge < -0.3 is 15.5 Å². The Morgan fingerprint density at radius 1 is 1.23 bits per heavy atom. The van der Waals surface area contributed by atoms with Crippen LogP contribution in [0, 0.1) is 13.8 Å². The maximum atomic E-state index is 4.81. The van der Waals surface area contributed by atoms with E-state index in [1.807, 2.05) is 11.7 Å². The normalized spacial score (nSPS) is 15.1. The van der Waals surface area contributed by atoms with Gasteiger partial charge in [0, 0.05) is 44.6 Å². The van der Waals surface area contributed by atoms with Crippen LogP contribution in [-0.2, 0) is 13.5 Å². The molecule has 2 N–H and O–H groups in total. The van der Waals surface area contributed by atoms with E-state index in [4.69, 9.17) is 4.99 Å². The molecule has 0 spiro atoms. The van der Waals surface area contributed by atoms with Crippen molar-refractivity contribution in [2.24, 2.45) is 12.0 Å². The van der Waals surface area contributed by atoms with E-state index in [0.717, 1.165) is 31.2 Å². The molecule has 3 rings (SSSR count). The van der Waals surface area contributed by atoms with Gasteiger partial charge in [0.15, 0.2) is 5.96 Å². The molecule has 1 atom stereocenters. The molecule has 0 aliphatic carbocycles. The summed E-state index contributed by atoms with van der Waals surface area (Å²) in [5.74, 6) is 0.866. The van der Waals surface area contributed by atoms with Gasteiger partial charge in [0.05, 0.1) is 11.7 Å². The molecule has 7 heteroatoms. The minimum atomic E-state index is 0. The Labute approximate surface area is 198 Å². The first-order chi connectivity index (χ1) is 14.0. The number of benzene rings is 1. The Hall–Kier alpha value is -1.77. The average molecular weight is 524 g/mol. The van der Waals surface area contributed by atoms with Gasteiger partial charge in [0.2, 0.25) is 0 Å². The molecule has 1 aliphatic heterocycles. The first kappa shape index (κ1) is 24.5. The van der Waals surface area contributed by atoms with Crippen LogP contribution in [0.5, 0.6) is 0 Å². The van der Waals surface area contributed by atoms with Crippen LogP contribution >= 0.6 is 24.0 Å². The molecule has 30 heavy (non-hydrogen) atoms. The van der Waals surface area contributed by atoms with Gasteiger partial charge in [-0.3, -0.25) is 9.67 Å². The Balaban J connectivity index is 0.00000320. The molecule has 0 amide bonds. The molecule has 1 aromatic heterocycles. The number of halogens is 1. The fourth-order valence-electron chi connectivity index (χ4n) is 4.03. The van der Waals surface area contributed by atoms with Gasteiger partial charge in [-0.05, 0) is 70.2 Å². The maximum Gasteiger partial charge on any atom is 0.191 e. The highest BCUT2D eigenvalue weighted by molar-refractivity contribution is 14.0. The van der Waals surface area contributed by atoms with Gasteiger partial charge in [-0.2, -0.15) is 5.10 Å². The summed E-state index contributed by atoms with van der Waals surface area (Å²) < 4.78 is 1.95. The second-order valence-corrected chi connectivity index (χ2v) is 7.94. The zero-order valence-electron chi connectivity index (χ0n) is 19.0. The van der Waals surface area contributed by atoms with E-state index in [0.29, 0.717) is 0 Å². The van der Waals surface area contributed by atoms with Crippen LogP contribution in [0.25, 0.3) is 0 Å². The van der Waals surface area contributed by atoms with Crippen LogP contribution in [0.2, 0.25) is 0 Å². The first-order valence-corrected chi connectivity index (χ1v) is 10.9. The van der Waals surface area contributed by atoms with E-state index in [9.17, 15) is 0 Å². The average Bonchev–Trinajstić information content (AvgIpc) is 3.32. The number of nitrogens with one attached hydrogen (secondary N) is 2. The predicted molar refractivity (Wildman–Crippen MR) is 137 cm³/mol. The Kier molecular flexibility index (Phi) is 9.45. The van der Waals surface area contributed by atoms with E-state index in [2.05, 4.69) is 72.6 Å². The second-order valence-electron chi connectivity index (χ2n) is 7.94. The van der Waals surface area contributed by atoms with E-state index in [1.165, 1.54) is 48.4 Å². The quantitative estimate of drug-likeness (QED) is 0.325. The van der Waals surface area contributed by atoms with E-state index < -0.39 is 0 Å². The molecular weight excluding hydrogens is 487 g/mol. The molecule has 2 aromatic rings. The smallest absolute Gasteiger partial charge is 0.191 e. The topological polar surface area (TPSA) is 57.5 Å². The lowest BCUT2D eigenvalue weighted by atomic mass is 10.1. The third kappa shape index (κ3) is 6.12. The van der Waals surface area contributed by atoms with Crippen LogP contribution in [-0.4, -0.2) is 41.9 Å². The summed E-state index contributed by atoms with van der Waals surface area (Å²) in [6.07, 6.45) is 3.50. The van der Waals surface area contributed by atoms with Crippen LogP contribution < -0.4 is 15.5 Å². The number of hydrogen-bond donors (Lipinski definition) is 2. The molecule has 166 valence electrons. The number of anilines is 1. The monoisotopic (exact) mass is 524 g/mol. The summed E-state index contributed by atoms with van der Waals surface area (Å²) in [7, 11) is 2.00. The third-order valence-corrected chi connectivity index (χ3v) is 5.83. The molecule has 0 radical (unpaired) electrons. The number of hydrogen-bond acceptors (Lipinski definition) is 3. The van der Waals surface area contributed by atoms with E-state index in [1.54, 1.807) is 0 Å². The van der Waals surface area contributed by atoms with Crippen molar-refractivity contribution in [2.75, 3.05) is 31.1 Å². The van der Waals surface area contributed by atoms with Crippen molar-refractivity contribution in [1.82, 2.24) is 20.4 Å². The molecule has 2 heterocycles. The Morgan fingerprint density at radius 3 is 2.60 bits per heavy atom. The standard InChI is InChI=1S/C23H36N6.HI/c1-6-24-23(25-13-12-22-18(3)27-28(5)19(22)4)26-17(2)20-10-9-11-21(16-20)29-14-7-8-15-29;/h9-11,16-17H,6-8,12-15H2,1-5H3,(H2,24,25,26);1H. The van der Waals surface area contributed by atoms with Gasteiger partial charge in [-0.25, -0.2) is 0 Å². The summed E-state index contributed by atoms with van der Waals surface area (Å²) in [6, 6.07) is 9.09. The van der Waals surface area contributed by atoms with Crippen LogP contribution in [0.15, 0.2) is 29.3 Å². The molecule has 1 aromatic carbocycles. The van der Waals surface area contributed by atoms with Crippen LogP contribution in [0.3, 0.4) is 0 Å². The molecule has 0 bridgehead atoms. The van der Waals surface area contributed by atoms with Crippen molar-refractivity contribution in [2.45, 2.75) is 53.0 Å². The number of aliphatic imine (C=N–C) groups is 1. The van der Waals surface area contributed by atoms with Gasteiger partial charge >= 0.3 is 0 Å². The van der Waals surface area contributed by atoms with Crippen molar-refractivity contribution in [1.29, 1.82) is 0 Å². The fraction of sp³-hybridized carbons (Fsp3) is 0.565. The van der Waals surface area contributed by atoms with Crippen molar-refractivity contribution in [3.05, 3.63) is 46.8 Å². The first-order valence-electron chi connectivity index (χ1n) is 10.9. The van der Waals surface area contributed by atoms with Crippen molar-refractivity contribution < 1.29 is 0 Å². The zero-order valence-corrected chi connectivity index (χ0v) is 21.4. The fourth-order valence-corrected chi connectivity index (χ4v) is 4.03. The maximum absolute atomic E-state index is 4.81. The molecule has 1 unspecified atom stereocenters. The minimum Gasteiger partial charge on any atom is -0.372 e. The van der Waals surface area contributed by atoms with E-state index >= 15 is 0 Å². The third-order valence-electron chi connectivity index (χ3n) is 5.83. The molecule has 1 saturated heterocycles. The zero-order chi connectivity index (χ0) is 20.8. The number of nitrogens with zero attached hydrogens (tertiary/aromatic N) is 4. The van der Waals surface area contributed by atoms with Gasteiger partial charge in [-0.15, -0.1) is 24.0 Å². The highest BCUT2D eigenvalue weighted by Crippen LogP contribution is 2.24. The highest BCUT2D eigenvalue weighted by Gasteiger charge is 2.15. The second kappa shape index (κ2) is 11.6. The van der Waals surface area contributed by atoms with Gasteiger partial charge in [0.1, 0.15) is 0 Å². The summed E-state index contributed by atoms with van der Waals surface area (Å²) in [6.45, 7) is 12.4. The van der Waals surface area contributed by atoms with E-state index in [-0.39, 0.29) is 30.0 Å². The number of aromatic nitrogens is 2. The molecule has 1 aliphatic rings. The summed E-state index contributed by atoms with van der Waals surface area (Å²) >= 11 is 0. The number of aryl methyl sites for hydroxylation is 2. The Morgan fingerprint density at radius 2 is 1.97 bits per heavy atom. The Bertz CT molecular complexity index is 838. The van der Waals surface area contributed by atoms with Crippen LogP contribution in [0.4, 0.5) is 5.69 Å². The van der Waals surface area contributed by atoms with Gasteiger partial charge in [-0.1, -0.05) is 12.1 Å². The lowest BCUT2D eigenvalue weighted by Gasteiger charge is -2.22. The summed E-state index contributed by atoms with van der Waals surface area (Å²) in [5.41, 5.74) is 6.25. The lowest BCUT2D eigenvalue weighted by molar-refractivity contribution is 0.685. The van der Waals surface area contributed by atoms with Crippen LogP contribution in [0.1, 0.15) is 55.2 Å². The number of guanidine groups is 1. The largest absolute Gasteiger partial charge is 0.372 e. The molecule has 1 fully saturated rings. The van der Waals surface area contributed by atoms with Crippen molar-refractivity contribution >= 4 is 35.6 Å². The predicted octanol–water partition coefficient (Wildman–Crippen LogP) is 4.11.